The summed E-state index contributed by atoms with van der Waals surface area (Å²) in [5.41, 5.74) is 1.95. The Kier molecular flexibility index (Phi) is 3.82. The van der Waals surface area contributed by atoms with Crippen LogP contribution in [0.3, 0.4) is 0 Å². The average Bonchev–Trinajstić information content (AvgIpc) is 3.09. The monoisotopic (exact) mass is 321 g/mol. The van der Waals surface area contributed by atoms with Gasteiger partial charge in [-0.15, -0.1) is 0 Å². The van der Waals surface area contributed by atoms with Crippen LogP contribution in [0.1, 0.15) is 24.3 Å². The highest BCUT2D eigenvalue weighted by atomic mass is 32.2. The highest BCUT2D eigenvalue weighted by Crippen LogP contribution is 2.26. The van der Waals surface area contributed by atoms with E-state index in [9.17, 15) is 8.42 Å². The molecule has 0 unspecified atom stereocenters. The van der Waals surface area contributed by atoms with Crippen molar-refractivity contribution in [2.45, 2.75) is 31.6 Å². The Hall–Kier alpha value is -2.02. The molecule has 3 rings (SSSR count). The summed E-state index contributed by atoms with van der Waals surface area (Å²) in [7, 11) is -3.70. The van der Waals surface area contributed by atoms with Gasteiger partial charge in [-0.3, -0.25) is 4.72 Å². The molecule has 0 bridgehead atoms. The molecule has 0 amide bonds. The van der Waals surface area contributed by atoms with E-state index >= 15 is 0 Å². The number of hydrogen-bond donors (Lipinski definition) is 1. The molecule has 1 aromatic carbocycles. The van der Waals surface area contributed by atoms with Crippen molar-refractivity contribution in [1.82, 2.24) is 5.16 Å². The number of benzene rings is 1. The van der Waals surface area contributed by atoms with E-state index < -0.39 is 10.0 Å². The van der Waals surface area contributed by atoms with Crippen LogP contribution in [0, 0.1) is 13.8 Å². The predicted molar refractivity (Wildman–Crippen MR) is 84.7 cm³/mol. The quantitative estimate of drug-likeness (QED) is 0.937. The molecule has 0 atom stereocenters. The minimum absolute atomic E-state index is 0.110. The molecule has 1 N–H and O–H groups in total. The molecule has 22 heavy (non-hydrogen) atoms. The number of nitrogens with zero attached hydrogens (tertiary/aromatic N) is 2. The fourth-order valence-electron chi connectivity index (χ4n) is 2.81. The van der Waals surface area contributed by atoms with E-state index in [1.807, 2.05) is 18.2 Å². The number of nitrogens with one attached hydrogen (secondary N) is 1. The summed E-state index contributed by atoms with van der Waals surface area (Å²) in [6.45, 7) is 5.24. The maximum Gasteiger partial charge on any atom is 0.267 e. The lowest BCUT2D eigenvalue weighted by atomic mass is 10.2. The Labute approximate surface area is 130 Å². The van der Waals surface area contributed by atoms with Crippen molar-refractivity contribution in [2.75, 3.05) is 22.7 Å². The van der Waals surface area contributed by atoms with Crippen LogP contribution >= 0.6 is 0 Å². The zero-order chi connectivity index (χ0) is 15.7. The molecule has 1 aromatic heterocycles. The van der Waals surface area contributed by atoms with Gasteiger partial charge in [-0.1, -0.05) is 11.2 Å². The van der Waals surface area contributed by atoms with Crippen LogP contribution in [0.15, 0.2) is 33.7 Å². The number of aryl methyl sites for hydroxylation is 2. The lowest BCUT2D eigenvalue weighted by Gasteiger charge is -2.18. The van der Waals surface area contributed by atoms with E-state index in [4.69, 9.17) is 4.52 Å². The number of anilines is 2. The second kappa shape index (κ2) is 5.64. The molecular formula is C15H19N3O3S. The number of rotatable bonds is 4. The Morgan fingerprint density at radius 1 is 1.23 bits per heavy atom. The van der Waals surface area contributed by atoms with Gasteiger partial charge in [-0.2, -0.15) is 0 Å². The lowest BCUT2D eigenvalue weighted by molar-refractivity contribution is 0.390. The molecule has 0 radical (unpaired) electrons. The van der Waals surface area contributed by atoms with Gasteiger partial charge < -0.3 is 9.42 Å². The number of hydrogen-bond acceptors (Lipinski definition) is 5. The molecule has 0 aliphatic carbocycles. The van der Waals surface area contributed by atoms with Gasteiger partial charge in [0.05, 0.1) is 5.69 Å². The van der Waals surface area contributed by atoms with Crippen molar-refractivity contribution < 1.29 is 12.9 Å². The maximum atomic E-state index is 12.5. The second-order valence-corrected chi connectivity index (χ2v) is 7.12. The van der Waals surface area contributed by atoms with Gasteiger partial charge in [-0.05, 0) is 44.9 Å². The Morgan fingerprint density at radius 2 is 1.95 bits per heavy atom. The minimum Gasteiger partial charge on any atom is -0.371 e. The molecular weight excluding hydrogens is 302 g/mol. The third-order valence-corrected chi connectivity index (χ3v) is 5.43. The molecule has 1 aliphatic heterocycles. The van der Waals surface area contributed by atoms with Gasteiger partial charge in [0.15, 0.2) is 10.7 Å². The van der Waals surface area contributed by atoms with E-state index in [0.29, 0.717) is 17.1 Å². The summed E-state index contributed by atoms with van der Waals surface area (Å²) in [5, 5.41) is 3.70. The van der Waals surface area contributed by atoms with Crippen LogP contribution in [-0.4, -0.2) is 26.7 Å². The van der Waals surface area contributed by atoms with E-state index in [0.717, 1.165) is 18.8 Å². The summed E-state index contributed by atoms with van der Waals surface area (Å²) < 4.78 is 32.6. The molecule has 2 heterocycles. The summed E-state index contributed by atoms with van der Waals surface area (Å²) in [5.74, 6) is 0.292. The minimum atomic E-state index is -3.70. The van der Waals surface area contributed by atoms with Gasteiger partial charge >= 0.3 is 0 Å². The summed E-state index contributed by atoms with van der Waals surface area (Å²) >= 11 is 0. The fraction of sp³-hybridized carbons (Fsp3) is 0.400. The second-order valence-electron chi connectivity index (χ2n) is 5.50. The van der Waals surface area contributed by atoms with Crippen molar-refractivity contribution in [3.8, 4) is 0 Å². The molecule has 1 aliphatic rings. The number of sulfonamides is 1. The van der Waals surface area contributed by atoms with Crippen molar-refractivity contribution in [2.24, 2.45) is 0 Å². The zero-order valence-electron chi connectivity index (χ0n) is 12.7. The zero-order valence-corrected chi connectivity index (χ0v) is 13.5. The highest BCUT2D eigenvalue weighted by molar-refractivity contribution is 7.92. The summed E-state index contributed by atoms with van der Waals surface area (Å²) in [4.78, 5) is 2.37. The third kappa shape index (κ3) is 2.81. The van der Waals surface area contributed by atoms with Crippen LogP contribution in [0.4, 0.5) is 11.4 Å². The number of aromatic nitrogens is 1. The van der Waals surface area contributed by atoms with E-state index in [1.165, 1.54) is 12.8 Å². The summed E-state index contributed by atoms with van der Waals surface area (Å²) in [6.07, 6.45) is 2.35. The van der Waals surface area contributed by atoms with E-state index in [2.05, 4.69) is 14.8 Å². The SMILES string of the molecule is Cc1noc(C)c1S(=O)(=O)Nc1cccc(N2CCCC2)c1. The van der Waals surface area contributed by atoms with Crippen molar-refractivity contribution >= 4 is 21.4 Å². The fourth-order valence-corrected chi connectivity index (χ4v) is 4.19. The molecule has 6 nitrogen and oxygen atoms in total. The molecule has 2 aromatic rings. The first-order chi connectivity index (χ1) is 10.5. The van der Waals surface area contributed by atoms with Gasteiger partial charge in [0.25, 0.3) is 10.0 Å². The normalized spacial score (nSPS) is 15.3. The van der Waals surface area contributed by atoms with Crippen molar-refractivity contribution in [3.05, 3.63) is 35.7 Å². The van der Waals surface area contributed by atoms with E-state index in [1.54, 1.807) is 19.9 Å². The van der Waals surface area contributed by atoms with Gasteiger partial charge in [0.1, 0.15) is 5.69 Å². The first kappa shape index (κ1) is 14.9. The Bertz CT molecular complexity index is 758. The largest absolute Gasteiger partial charge is 0.371 e. The van der Waals surface area contributed by atoms with E-state index in [-0.39, 0.29) is 4.90 Å². The van der Waals surface area contributed by atoms with Crippen LogP contribution in [0.5, 0.6) is 0 Å². The topological polar surface area (TPSA) is 75.4 Å². The van der Waals surface area contributed by atoms with Crippen LogP contribution in [0.25, 0.3) is 0 Å². The highest BCUT2D eigenvalue weighted by Gasteiger charge is 2.24. The molecule has 1 saturated heterocycles. The first-order valence-corrected chi connectivity index (χ1v) is 8.76. The van der Waals surface area contributed by atoms with Crippen molar-refractivity contribution in [3.63, 3.8) is 0 Å². The summed E-state index contributed by atoms with van der Waals surface area (Å²) in [6, 6.07) is 7.47. The first-order valence-electron chi connectivity index (χ1n) is 7.28. The molecule has 0 spiro atoms. The molecule has 1 fully saturated rings. The maximum absolute atomic E-state index is 12.5. The van der Waals surface area contributed by atoms with Gasteiger partial charge in [0, 0.05) is 18.8 Å². The lowest BCUT2D eigenvalue weighted by Crippen LogP contribution is -2.18. The van der Waals surface area contributed by atoms with Gasteiger partial charge in [-0.25, -0.2) is 8.42 Å². The smallest absolute Gasteiger partial charge is 0.267 e. The average molecular weight is 321 g/mol. The Balaban J connectivity index is 1.88. The molecule has 0 saturated carbocycles. The van der Waals surface area contributed by atoms with Crippen LogP contribution in [-0.2, 0) is 10.0 Å². The molecule has 7 heteroatoms. The van der Waals surface area contributed by atoms with Crippen LogP contribution < -0.4 is 9.62 Å². The molecule has 118 valence electrons. The van der Waals surface area contributed by atoms with Gasteiger partial charge in [0.2, 0.25) is 0 Å². The third-order valence-electron chi connectivity index (χ3n) is 3.81. The standard InChI is InChI=1S/C15H19N3O3S/c1-11-15(12(2)21-16-11)22(19,20)17-13-6-5-7-14(10-13)18-8-3-4-9-18/h5-7,10,17H,3-4,8-9H2,1-2H3. The predicted octanol–water partition coefficient (Wildman–Crippen LogP) is 2.69. The van der Waals surface area contributed by atoms with Crippen LogP contribution in [0.2, 0.25) is 0 Å². The van der Waals surface area contributed by atoms with Crippen molar-refractivity contribution in [1.29, 1.82) is 0 Å². The Morgan fingerprint density at radius 3 is 2.59 bits per heavy atom.